The van der Waals surface area contributed by atoms with E-state index in [1.165, 1.54) is 6.26 Å². The zero-order chi connectivity index (χ0) is 11.1. The molecule has 1 heterocycles. The zero-order valence-corrected chi connectivity index (χ0v) is 10.4. The molecular formula is C11H18NOP. The molecule has 0 aromatic carbocycles. The van der Waals surface area contributed by atoms with Crippen LogP contribution in [-0.2, 0) is 0 Å². The molecule has 0 bridgehead atoms. The maximum Gasteiger partial charge on any atom is 0.222 e. The average Bonchev–Trinajstić information content (AvgIpc) is 2.17. The van der Waals surface area contributed by atoms with Crippen molar-refractivity contribution < 1.29 is 4.74 Å². The third-order valence-electron chi connectivity index (χ3n) is 1.59. The van der Waals surface area contributed by atoms with E-state index < -0.39 is 0 Å². The number of aromatic nitrogens is 1. The summed E-state index contributed by atoms with van der Waals surface area (Å²) >= 11 is 0. The van der Waals surface area contributed by atoms with Crippen LogP contribution in [0.25, 0.3) is 0 Å². The Hall–Kier alpha value is -0.880. The second-order valence-electron chi connectivity index (χ2n) is 2.57. The van der Waals surface area contributed by atoms with Crippen molar-refractivity contribution in [1.29, 1.82) is 0 Å². The summed E-state index contributed by atoms with van der Waals surface area (Å²) in [5.74, 6) is 0.634. The smallest absolute Gasteiger partial charge is 0.222 e. The Kier molecular flexibility index (Phi) is 6.14. The molecule has 3 heteroatoms. The Morgan fingerprint density at radius 3 is 2.50 bits per heavy atom. The lowest BCUT2D eigenvalue weighted by Crippen LogP contribution is -2.03. The minimum absolute atomic E-state index is 0.634. The summed E-state index contributed by atoms with van der Waals surface area (Å²) in [6, 6.07) is 2.00. The van der Waals surface area contributed by atoms with Gasteiger partial charge in [-0.3, -0.25) is 0 Å². The minimum atomic E-state index is 0.634. The molecule has 0 N–H and O–H groups in total. The molecular weight excluding hydrogens is 193 g/mol. The Morgan fingerprint density at radius 2 is 2.00 bits per heavy atom. The molecule has 0 aliphatic carbocycles. The highest BCUT2D eigenvalue weighted by molar-refractivity contribution is 7.27. The highest BCUT2D eigenvalue weighted by Crippen LogP contribution is 2.14. The molecule has 0 aliphatic rings. The van der Waals surface area contributed by atoms with Crippen molar-refractivity contribution in [2.45, 2.75) is 27.7 Å². The van der Waals surface area contributed by atoms with Crippen molar-refractivity contribution in [2.75, 3.05) is 0 Å². The summed E-state index contributed by atoms with van der Waals surface area (Å²) in [4.78, 5) is 4.22. The highest BCUT2D eigenvalue weighted by atomic mass is 31.0. The van der Waals surface area contributed by atoms with E-state index in [2.05, 4.69) is 20.8 Å². The molecule has 1 atom stereocenters. The fourth-order valence-corrected chi connectivity index (χ4v) is 1.29. The summed E-state index contributed by atoms with van der Waals surface area (Å²) < 4.78 is 5.14. The van der Waals surface area contributed by atoms with Crippen LogP contribution in [0.2, 0.25) is 0 Å². The fraction of sp³-hybridized carbons (Fsp3) is 0.364. The van der Waals surface area contributed by atoms with Crippen molar-refractivity contribution in [3.05, 3.63) is 30.2 Å². The van der Waals surface area contributed by atoms with Gasteiger partial charge in [0.15, 0.2) is 0 Å². The first-order chi connectivity index (χ1) is 6.65. The van der Waals surface area contributed by atoms with Crippen LogP contribution in [-0.4, -0.2) is 4.98 Å². The first kappa shape index (κ1) is 13.1. The number of pyridine rings is 1. The van der Waals surface area contributed by atoms with Crippen LogP contribution < -0.4 is 10.0 Å². The lowest BCUT2D eigenvalue weighted by atomic mass is 10.2. The number of nitrogens with zero attached hydrogens (tertiary/aromatic N) is 1. The van der Waals surface area contributed by atoms with Gasteiger partial charge in [0, 0.05) is 11.3 Å². The number of hydrogen-bond acceptors (Lipinski definition) is 2. The molecule has 0 fully saturated rings. The maximum absolute atomic E-state index is 5.14. The SMILES string of the molecule is C=COc1nc(C)cc(P)c1C.CC. The van der Waals surface area contributed by atoms with Crippen LogP contribution in [0.15, 0.2) is 18.9 Å². The van der Waals surface area contributed by atoms with Crippen molar-refractivity contribution >= 4 is 14.5 Å². The predicted molar refractivity (Wildman–Crippen MR) is 65.2 cm³/mol. The quantitative estimate of drug-likeness (QED) is 0.554. The first-order valence-corrected chi connectivity index (χ1v) is 5.24. The molecule has 78 valence electrons. The summed E-state index contributed by atoms with van der Waals surface area (Å²) in [5.41, 5.74) is 1.98. The van der Waals surface area contributed by atoms with Crippen LogP contribution in [0.1, 0.15) is 25.1 Å². The predicted octanol–water partition coefficient (Wildman–Crippen LogP) is 2.75. The molecule has 1 aromatic heterocycles. The van der Waals surface area contributed by atoms with E-state index in [1.54, 1.807) is 0 Å². The van der Waals surface area contributed by atoms with Crippen LogP contribution >= 0.6 is 9.24 Å². The van der Waals surface area contributed by atoms with Gasteiger partial charge in [-0.2, -0.15) is 0 Å². The van der Waals surface area contributed by atoms with Gasteiger partial charge in [0.05, 0.1) is 6.26 Å². The molecule has 14 heavy (non-hydrogen) atoms. The standard InChI is InChI=1S/C9H12NOP.C2H6/c1-4-11-9-7(3)8(12)5-6(2)10-9;1-2/h4-5H,1,12H2,2-3H3;1-2H3. The molecule has 1 rings (SSSR count). The molecule has 0 aliphatic heterocycles. The van der Waals surface area contributed by atoms with Crippen molar-refractivity contribution in [1.82, 2.24) is 4.98 Å². The van der Waals surface area contributed by atoms with E-state index in [0.29, 0.717) is 5.88 Å². The average molecular weight is 211 g/mol. The zero-order valence-electron chi connectivity index (χ0n) is 9.29. The number of rotatable bonds is 2. The molecule has 0 spiro atoms. The Labute approximate surface area is 88.6 Å². The summed E-state index contributed by atoms with van der Waals surface area (Å²) in [6.07, 6.45) is 1.39. The number of aryl methyl sites for hydroxylation is 1. The van der Waals surface area contributed by atoms with E-state index in [-0.39, 0.29) is 0 Å². The normalized spacial score (nSPS) is 8.64. The third kappa shape index (κ3) is 3.47. The lowest BCUT2D eigenvalue weighted by Gasteiger charge is -2.06. The monoisotopic (exact) mass is 211 g/mol. The Morgan fingerprint density at radius 1 is 1.43 bits per heavy atom. The van der Waals surface area contributed by atoms with Crippen molar-refractivity contribution in [3.63, 3.8) is 0 Å². The van der Waals surface area contributed by atoms with Gasteiger partial charge in [-0.15, -0.1) is 9.24 Å². The van der Waals surface area contributed by atoms with Crippen LogP contribution in [0.3, 0.4) is 0 Å². The van der Waals surface area contributed by atoms with Gasteiger partial charge in [-0.1, -0.05) is 20.4 Å². The molecule has 0 radical (unpaired) electrons. The lowest BCUT2D eigenvalue weighted by molar-refractivity contribution is 0.459. The molecule has 1 aromatic rings. The summed E-state index contributed by atoms with van der Waals surface area (Å²) in [6.45, 7) is 11.4. The molecule has 0 saturated carbocycles. The third-order valence-corrected chi connectivity index (χ3v) is 2.19. The highest BCUT2D eigenvalue weighted by Gasteiger charge is 2.03. The fourth-order valence-electron chi connectivity index (χ4n) is 0.927. The van der Waals surface area contributed by atoms with Crippen LogP contribution in [0, 0.1) is 13.8 Å². The molecule has 0 saturated heterocycles. The summed E-state index contributed by atoms with van der Waals surface area (Å²) in [7, 11) is 2.65. The van der Waals surface area contributed by atoms with Crippen LogP contribution in [0.4, 0.5) is 0 Å². The van der Waals surface area contributed by atoms with Crippen LogP contribution in [0.5, 0.6) is 5.88 Å². The van der Waals surface area contributed by atoms with Gasteiger partial charge >= 0.3 is 0 Å². The van der Waals surface area contributed by atoms with E-state index in [1.807, 2.05) is 33.8 Å². The number of ether oxygens (including phenoxy) is 1. The van der Waals surface area contributed by atoms with E-state index in [9.17, 15) is 0 Å². The maximum atomic E-state index is 5.14. The summed E-state index contributed by atoms with van der Waals surface area (Å²) in [5, 5.41) is 1.11. The second-order valence-corrected chi connectivity index (χ2v) is 3.19. The van der Waals surface area contributed by atoms with E-state index in [0.717, 1.165) is 16.6 Å². The van der Waals surface area contributed by atoms with E-state index >= 15 is 0 Å². The van der Waals surface area contributed by atoms with Gasteiger partial charge in [-0.25, -0.2) is 4.98 Å². The topological polar surface area (TPSA) is 22.1 Å². The van der Waals surface area contributed by atoms with E-state index in [4.69, 9.17) is 4.74 Å². The van der Waals surface area contributed by atoms with Gasteiger partial charge in [0.2, 0.25) is 5.88 Å². The van der Waals surface area contributed by atoms with Gasteiger partial charge in [0.1, 0.15) is 0 Å². The number of hydrogen-bond donors (Lipinski definition) is 0. The largest absolute Gasteiger partial charge is 0.447 e. The Bertz CT molecular complexity index is 310. The van der Waals surface area contributed by atoms with Crippen molar-refractivity contribution in [2.24, 2.45) is 0 Å². The molecule has 2 nitrogen and oxygen atoms in total. The van der Waals surface area contributed by atoms with Gasteiger partial charge < -0.3 is 4.74 Å². The molecule has 0 amide bonds. The van der Waals surface area contributed by atoms with Gasteiger partial charge in [0.25, 0.3) is 0 Å². The van der Waals surface area contributed by atoms with Crippen molar-refractivity contribution in [3.8, 4) is 5.88 Å². The molecule has 1 unspecified atom stereocenters. The first-order valence-electron chi connectivity index (χ1n) is 4.66. The minimum Gasteiger partial charge on any atom is -0.447 e. The Balaban J connectivity index is 0.000000791. The second kappa shape index (κ2) is 6.56. The van der Waals surface area contributed by atoms with Gasteiger partial charge in [-0.05, 0) is 25.2 Å².